The van der Waals surface area contributed by atoms with Crippen LogP contribution in [0.25, 0.3) is 0 Å². The van der Waals surface area contributed by atoms with Gasteiger partial charge in [-0.1, -0.05) is 44.2 Å². The van der Waals surface area contributed by atoms with Gasteiger partial charge in [0.25, 0.3) is 0 Å². The summed E-state index contributed by atoms with van der Waals surface area (Å²) in [6.45, 7) is 2.02. The molecule has 2 aromatic carbocycles. The lowest BCUT2D eigenvalue weighted by Crippen LogP contribution is -2.42. The lowest BCUT2D eigenvalue weighted by Gasteiger charge is -2.25. The van der Waals surface area contributed by atoms with Crippen LogP contribution >= 0.6 is 0 Å². The molecule has 4 rings (SSSR count). The van der Waals surface area contributed by atoms with Crippen LogP contribution in [0.3, 0.4) is 0 Å². The van der Waals surface area contributed by atoms with Crippen molar-refractivity contribution in [1.82, 2.24) is 10.6 Å². The molecule has 2 atom stereocenters. The fraction of sp³-hybridized carbons (Fsp3) is 0.469. The van der Waals surface area contributed by atoms with Crippen molar-refractivity contribution < 1.29 is 46.5 Å². The first-order valence-electron chi connectivity index (χ1n) is 15.4. The lowest BCUT2D eigenvalue weighted by molar-refractivity contribution is -0.192. The molecule has 1 aliphatic heterocycles. The quantitative estimate of drug-likeness (QED) is 0.147. The van der Waals surface area contributed by atoms with E-state index in [9.17, 15) is 27.2 Å². The summed E-state index contributed by atoms with van der Waals surface area (Å²) in [6, 6.07) is 8.58. The van der Waals surface area contributed by atoms with Gasteiger partial charge in [0.15, 0.2) is 17.5 Å². The minimum absolute atomic E-state index is 0.0336. The van der Waals surface area contributed by atoms with Crippen molar-refractivity contribution in [2.45, 2.75) is 70.1 Å². The zero-order valence-electron chi connectivity index (χ0n) is 27.2. The van der Waals surface area contributed by atoms with Gasteiger partial charge in [0, 0.05) is 5.56 Å². The summed E-state index contributed by atoms with van der Waals surface area (Å²) < 4.78 is 56.8. The van der Waals surface area contributed by atoms with Crippen molar-refractivity contribution in [3.8, 4) is 11.5 Å². The van der Waals surface area contributed by atoms with Crippen LogP contribution in [0.2, 0.25) is 0 Å². The molecule has 17 heteroatoms. The molecule has 2 aromatic rings. The van der Waals surface area contributed by atoms with Crippen LogP contribution in [0.1, 0.15) is 68.2 Å². The summed E-state index contributed by atoms with van der Waals surface area (Å²) in [7, 11) is 3.06. The Labute approximate surface area is 280 Å². The molecule has 1 saturated carbocycles. The first-order chi connectivity index (χ1) is 23.2. The molecule has 0 spiro atoms. The standard InChI is InChI=1S/C30H38FN7O4.C2HF3O2/c1-18(21-10-11-23(31)22(16-21)25-17-33-38-37-25)34-29(40)24(13-19-7-5-4-6-8-19)35-30(32)36-28(39)15-20-9-12-26(41-2)27(14-20)42-3;3-2(4,5)1(6)7/h9-12,14,16,18-19,24H,4-8,13,15,17H2,1-3H3,(H,34,40)(H3,32,35,36,39);(H,6,7)/t18-,24+;/m0./s1. The van der Waals surface area contributed by atoms with Gasteiger partial charge in [-0.15, -0.1) is 5.10 Å². The Kier molecular flexibility index (Phi) is 14.0. The minimum Gasteiger partial charge on any atom is -0.493 e. The molecule has 49 heavy (non-hydrogen) atoms. The van der Waals surface area contributed by atoms with Gasteiger partial charge in [0.05, 0.1) is 32.4 Å². The molecule has 266 valence electrons. The Bertz CT molecular complexity index is 1580. The summed E-state index contributed by atoms with van der Waals surface area (Å²) in [6.07, 6.45) is 0.890. The maximum atomic E-state index is 14.5. The molecule has 1 heterocycles. The van der Waals surface area contributed by atoms with E-state index < -0.39 is 30.0 Å². The van der Waals surface area contributed by atoms with Crippen molar-refractivity contribution in [3.63, 3.8) is 0 Å². The molecule has 5 N–H and O–H groups in total. The number of methoxy groups -OCH3 is 2. The molecule has 0 saturated heterocycles. The van der Waals surface area contributed by atoms with Crippen molar-refractivity contribution in [3.05, 3.63) is 58.9 Å². The molecule has 1 aliphatic carbocycles. The van der Waals surface area contributed by atoms with E-state index >= 15 is 0 Å². The Balaban J connectivity index is 0.000000838. The number of hydrogen-bond acceptors (Lipinski definition) is 9. The van der Waals surface area contributed by atoms with E-state index in [1.54, 1.807) is 30.3 Å². The smallest absolute Gasteiger partial charge is 0.490 e. The second-order valence-corrected chi connectivity index (χ2v) is 11.4. The van der Waals surface area contributed by atoms with Gasteiger partial charge in [-0.3, -0.25) is 14.9 Å². The predicted octanol–water partition coefficient (Wildman–Crippen LogP) is 4.84. The average molecular weight is 694 g/mol. The average Bonchev–Trinajstić information content (AvgIpc) is 3.59. The Hall–Kier alpha value is -5.09. The highest BCUT2D eigenvalue weighted by Gasteiger charge is 2.38. The molecule has 0 unspecified atom stereocenters. The number of alkyl halides is 3. The summed E-state index contributed by atoms with van der Waals surface area (Å²) in [5, 5.41) is 24.0. The largest absolute Gasteiger partial charge is 0.493 e. The molecule has 1 fully saturated rings. The number of nitrogens with one attached hydrogen (secondary N) is 2. The maximum absolute atomic E-state index is 14.5. The molecule has 2 aliphatic rings. The van der Waals surface area contributed by atoms with Gasteiger partial charge >= 0.3 is 12.1 Å². The zero-order valence-corrected chi connectivity index (χ0v) is 27.2. The third-order valence-electron chi connectivity index (χ3n) is 7.81. The Morgan fingerprint density at radius 1 is 1.06 bits per heavy atom. The van der Waals surface area contributed by atoms with E-state index in [0.29, 0.717) is 46.2 Å². The van der Waals surface area contributed by atoms with Crippen molar-refractivity contribution in [2.75, 3.05) is 20.8 Å². The van der Waals surface area contributed by atoms with Crippen LogP contribution in [0.4, 0.5) is 17.6 Å². The Morgan fingerprint density at radius 3 is 2.33 bits per heavy atom. The van der Waals surface area contributed by atoms with Crippen molar-refractivity contribution >= 4 is 29.5 Å². The third kappa shape index (κ3) is 11.8. The van der Waals surface area contributed by atoms with Gasteiger partial charge in [0.1, 0.15) is 18.4 Å². The number of carboxylic acid groups (broad SMARTS) is 1. The number of rotatable bonds is 11. The fourth-order valence-electron chi connectivity index (χ4n) is 5.30. The number of carbonyl (C=O) groups excluding carboxylic acids is 2. The highest BCUT2D eigenvalue weighted by Crippen LogP contribution is 2.29. The van der Waals surface area contributed by atoms with Gasteiger partial charge in [-0.2, -0.15) is 18.3 Å². The van der Waals surface area contributed by atoms with Crippen LogP contribution in [-0.2, 0) is 20.8 Å². The van der Waals surface area contributed by atoms with E-state index in [0.717, 1.165) is 25.7 Å². The van der Waals surface area contributed by atoms with Gasteiger partial charge in [-0.25, -0.2) is 14.2 Å². The highest BCUT2D eigenvalue weighted by molar-refractivity contribution is 6.03. The van der Waals surface area contributed by atoms with Crippen LogP contribution in [-0.4, -0.2) is 67.5 Å². The monoisotopic (exact) mass is 693 g/mol. The molecule has 13 nitrogen and oxygen atoms in total. The number of nitrogens with two attached hydrogens (primary N) is 1. The SMILES string of the molecule is COc1ccc(CC(=O)NC(N)=N[C@H](CC2CCCCC2)C(=O)N[C@@H](C)c2ccc(F)c(C3=NN=NC3)c2)cc1OC.O=C(O)C(F)(F)F. The van der Waals surface area contributed by atoms with Crippen molar-refractivity contribution in [2.24, 2.45) is 32.1 Å². The predicted molar refractivity (Wildman–Crippen MR) is 171 cm³/mol. The maximum Gasteiger partial charge on any atom is 0.490 e. The fourth-order valence-corrected chi connectivity index (χ4v) is 5.30. The molecule has 0 aromatic heterocycles. The first-order valence-corrected chi connectivity index (χ1v) is 15.4. The zero-order chi connectivity index (χ0) is 36.1. The minimum atomic E-state index is -5.08. The van der Waals surface area contributed by atoms with E-state index in [-0.39, 0.29) is 30.7 Å². The number of halogens is 4. The number of benzene rings is 2. The number of aliphatic carboxylic acids is 1. The molecule has 0 bridgehead atoms. The Morgan fingerprint density at radius 2 is 1.73 bits per heavy atom. The molecular formula is C32H39F4N7O6. The van der Waals surface area contributed by atoms with Crippen molar-refractivity contribution in [1.29, 1.82) is 0 Å². The van der Waals surface area contributed by atoms with Gasteiger partial charge < -0.3 is 25.6 Å². The molecular weight excluding hydrogens is 654 g/mol. The number of aliphatic imine (C=N–C) groups is 1. The molecule has 0 radical (unpaired) electrons. The van der Waals surface area contributed by atoms with Crippen LogP contribution in [0.15, 0.2) is 56.8 Å². The number of carboxylic acids is 1. The number of guanidine groups is 1. The summed E-state index contributed by atoms with van der Waals surface area (Å²) in [5.74, 6) is -2.61. The van der Waals surface area contributed by atoms with E-state index in [1.807, 2.05) is 6.92 Å². The number of nitrogens with zero attached hydrogens (tertiary/aromatic N) is 4. The summed E-state index contributed by atoms with van der Waals surface area (Å²) in [5.41, 5.74) is 8.28. The number of hydrogen-bond donors (Lipinski definition) is 4. The first kappa shape index (κ1) is 38.4. The number of ether oxygens (including phenoxy) is 2. The van der Waals surface area contributed by atoms with Crippen LogP contribution in [0.5, 0.6) is 11.5 Å². The second-order valence-electron chi connectivity index (χ2n) is 11.4. The second kappa shape index (κ2) is 17.9. The highest BCUT2D eigenvalue weighted by atomic mass is 19.4. The molecule has 2 amide bonds. The number of amides is 2. The normalized spacial score (nSPS) is 16.1. The van der Waals surface area contributed by atoms with Crippen LogP contribution in [0, 0.1) is 11.7 Å². The summed E-state index contributed by atoms with van der Waals surface area (Å²) >= 11 is 0. The van der Waals surface area contributed by atoms with E-state index in [4.69, 9.17) is 25.1 Å². The van der Waals surface area contributed by atoms with E-state index in [2.05, 4.69) is 31.1 Å². The number of carbonyl (C=O) groups is 3. The van der Waals surface area contributed by atoms with Crippen LogP contribution < -0.4 is 25.8 Å². The lowest BCUT2D eigenvalue weighted by atomic mass is 9.84. The van der Waals surface area contributed by atoms with E-state index in [1.165, 1.54) is 26.7 Å². The third-order valence-corrected chi connectivity index (χ3v) is 7.81. The topological polar surface area (TPSA) is 189 Å². The summed E-state index contributed by atoms with van der Waals surface area (Å²) in [4.78, 5) is 39.6. The van der Waals surface area contributed by atoms with Gasteiger partial charge in [-0.05, 0) is 59.9 Å². The van der Waals surface area contributed by atoms with Gasteiger partial charge in [0.2, 0.25) is 11.8 Å².